The Hall–Kier alpha value is -1.24. The molecule has 4 nitrogen and oxygen atoms in total. The van der Waals surface area contributed by atoms with Crippen LogP contribution in [0.3, 0.4) is 0 Å². The smallest absolute Gasteiger partial charge is 0.407 e. The summed E-state index contributed by atoms with van der Waals surface area (Å²) in [5.41, 5.74) is -0.604. The maximum atomic E-state index is 10.3. The van der Waals surface area contributed by atoms with Gasteiger partial charge < -0.3 is 10.0 Å². The Morgan fingerprint density at radius 2 is 2.18 bits per heavy atom. The highest BCUT2D eigenvalue weighted by Gasteiger charge is 2.21. The molecule has 0 atom stereocenters. The standard InChI is InChI=1S/C7H12N2O2/c1-7(2,4-8)5-9(3)6(10)11/h5H2,1-3H3,(H,10,11). The van der Waals surface area contributed by atoms with E-state index in [9.17, 15) is 4.79 Å². The van der Waals surface area contributed by atoms with Gasteiger partial charge in [-0.1, -0.05) is 0 Å². The molecule has 0 aliphatic carbocycles. The second kappa shape index (κ2) is 3.24. The summed E-state index contributed by atoms with van der Waals surface area (Å²) in [6.45, 7) is 3.64. The Kier molecular flexibility index (Phi) is 2.87. The number of nitrogens with zero attached hydrogens (tertiary/aromatic N) is 2. The number of rotatable bonds is 2. The molecule has 0 saturated carbocycles. The third kappa shape index (κ3) is 3.46. The number of amides is 1. The van der Waals surface area contributed by atoms with Crippen molar-refractivity contribution in [2.75, 3.05) is 13.6 Å². The van der Waals surface area contributed by atoms with Crippen molar-refractivity contribution in [1.29, 1.82) is 5.26 Å². The SMILES string of the molecule is CN(CC(C)(C)C#N)C(=O)O. The van der Waals surface area contributed by atoms with Gasteiger partial charge in [-0.2, -0.15) is 5.26 Å². The lowest BCUT2D eigenvalue weighted by Gasteiger charge is -2.21. The second-order valence-corrected chi connectivity index (χ2v) is 3.13. The molecule has 0 aromatic carbocycles. The molecule has 0 aromatic heterocycles. The molecular formula is C7H12N2O2. The van der Waals surface area contributed by atoms with Gasteiger partial charge in [0, 0.05) is 13.6 Å². The predicted octanol–water partition coefficient (Wildman–Crippen LogP) is 1.15. The Labute approximate surface area is 66.0 Å². The van der Waals surface area contributed by atoms with Crippen molar-refractivity contribution in [3.05, 3.63) is 0 Å². The molecule has 0 aliphatic rings. The molecule has 0 aromatic rings. The first-order valence-corrected chi connectivity index (χ1v) is 3.24. The molecule has 1 amide bonds. The quantitative estimate of drug-likeness (QED) is 0.652. The van der Waals surface area contributed by atoms with E-state index in [0.717, 1.165) is 4.90 Å². The molecule has 0 heterocycles. The van der Waals surface area contributed by atoms with Crippen LogP contribution in [0.4, 0.5) is 4.79 Å². The molecule has 0 rings (SSSR count). The van der Waals surface area contributed by atoms with Gasteiger partial charge >= 0.3 is 6.09 Å². The first-order chi connectivity index (χ1) is 4.89. The zero-order chi connectivity index (χ0) is 9.07. The largest absolute Gasteiger partial charge is 0.465 e. The maximum absolute atomic E-state index is 10.3. The fourth-order valence-electron chi connectivity index (χ4n) is 0.696. The summed E-state index contributed by atoms with van der Waals surface area (Å²) in [5.74, 6) is 0. The van der Waals surface area contributed by atoms with E-state index >= 15 is 0 Å². The Morgan fingerprint density at radius 3 is 2.45 bits per heavy atom. The van der Waals surface area contributed by atoms with Gasteiger partial charge in [-0.3, -0.25) is 0 Å². The van der Waals surface area contributed by atoms with Gasteiger partial charge in [0.1, 0.15) is 0 Å². The van der Waals surface area contributed by atoms with Crippen molar-refractivity contribution in [3.8, 4) is 6.07 Å². The van der Waals surface area contributed by atoms with E-state index < -0.39 is 11.5 Å². The number of carboxylic acid groups (broad SMARTS) is 1. The van der Waals surface area contributed by atoms with Gasteiger partial charge in [0.2, 0.25) is 0 Å². The van der Waals surface area contributed by atoms with Crippen LogP contribution in [0, 0.1) is 16.7 Å². The molecule has 0 aliphatic heterocycles. The number of hydrogen-bond donors (Lipinski definition) is 1. The highest BCUT2D eigenvalue weighted by molar-refractivity contribution is 5.64. The highest BCUT2D eigenvalue weighted by atomic mass is 16.4. The van der Waals surface area contributed by atoms with Crippen molar-refractivity contribution in [2.45, 2.75) is 13.8 Å². The van der Waals surface area contributed by atoms with Crippen LogP contribution >= 0.6 is 0 Å². The highest BCUT2D eigenvalue weighted by Crippen LogP contribution is 2.13. The minimum Gasteiger partial charge on any atom is -0.465 e. The lowest BCUT2D eigenvalue weighted by molar-refractivity contribution is 0.145. The first-order valence-electron chi connectivity index (χ1n) is 3.24. The second-order valence-electron chi connectivity index (χ2n) is 3.13. The maximum Gasteiger partial charge on any atom is 0.407 e. The van der Waals surface area contributed by atoms with Gasteiger partial charge in [0.05, 0.1) is 11.5 Å². The lowest BCUT2D eigenvalue weighted by Crippen LogP contribution is -2.34. The van der Waals surface area contributed by atoms with Gasteiger partial charge in [-0.15, -0.1) is 0 Å². The third-order valence-corrected chi connectivity index (χ3v) is 1.26. The fraction of sp³-hybridized carbons (Fsp3) is 0.714. The van der Waals surface area contributed by atoms with Crippen LogP contribution in [0.5, 0.6) is 0 Å². The summed E-state index contributed by atoms with van der Waals surface area (Å²) in [4.78, 5) is 11.4. The Morgan fingerprint density at radius 1 is 1.73 bits per heavy atom. The van der Waals surface area contributed by atoms with Crippen LogP contribution in [-0.4, -0.2) is 29.7 Å². The molecule has 62 valence electrons. The average molecular weight is 156 g/mol. The van der Waals surface area contributed by atoms with E-state index in [1.165, 1.54) is 7.05 Å². The normalized spacial score (nSPS) is 10.4. The van der Waals surface area contributed by atoms with Crippen LogP contribution in [0.2, 0.25) is 0 Å². The number of carbonyl (C=O) groups is 1. The Bertz CT molecular complexity index is 193. The topological polar surface area (TPSA) is 64.3 Å². The third-order valence-electron chi connectivity index (χ3n) is 1.26. The van der Waals surface area contributed by atoms with Crippen molar-refractivity contribution in [1.82, 2.24) is 4.90 Å². The van der Waals surface area contributed by atoms with E-state index in [2.05, 4.69) is 0 Å². The van der Waals surface area contributed by atoms with Crippen LogP contribution in [0.15, 0.2) is 0 Å². The molecule has 4 heteroatoms. The fourth-order valence-corrected chi connectivity index (χ4v) is 0.696. The van der Waals surface area contributed by atoms with Gasteiger partial charge in [0.25, 0.3) is 0 Å². The van der Waals surface area contributed by atoms with E-state index in [1.54, 1.807) is 13.8 Å². The molecule has 0 bridgehead atoms. The zero-order valence-corrected chi connectivity index (χ0v) is 6.96. The van der Waals surface area contributed by atoms with E-state index in [4.69, 9.17) is 10.4 Å². The molecule has 0 radical (unpaired) electrons. The van der Waals surface area contributed by atoms with Crippen LogP contribution in [0.1, 0.15) is 13.8 Å². The van der Waals surface area contributed by atoms with Crippen LogP contribution in [0.25, 0.3) is 0 Å². The average Bonchev–Trinajstić information content (AvgIpc) is 1.87. The lowest BCUT2D eigenvalue weighted by atomic mass is 9.95. The summed E-state index contributed by atoms with van der Waals surface area (Å²) < 4.78 is 0. The van der Waals surface area contributed by atoms with E-state index in [0.29, 0.717) is 0 Å². The summed E-state index contributed by atoms with van der Waals surface area (Å²) in [7, 11) is 1.45. The van der Waals surface area contributed by atoms with Crippen LogP contribution < -0.4 is 0 Å². The first kappa shape index (κ1) is 9.76. The van der Waals surface area contributed by atoms with Gasteiger partial charge in [0.15, 0.2) is 0 Å². The molecule has 11 heavy (non-hydrogen) atoms. The molecule has 0 unspecified atom stereocenters. The predicted molar refractivity (Wildman–Crippen MR) is 40.0 cm³/mol. The van der Waals surface area contributed by atoms with Crippen molar-refractivity contribution >= 4 is 6.09 Å². The van der Waals surface area contributed by atoms with Gasteiger partial charge in [-0.05, 0) is 13.8 Å². The minimum atomic E-state index is -1.01. The minimum absolute atomic E-state index is 0.235. The molecule has 1 N–H and O–H groups in total. The molecule has 0 fully saturated rings. The molecule has 0 saturated heterocycles. The van der Waals surface area contributed by atoms with Crippen molar-refractivity contribution in [2.24, 2.45) is 5.41 Å². The summed E-state index contributed by atoms with van der Waals surface area (Å²) in [6, 6.07) is 2.02. The summed E-state index contributed by atoms with van der Waals surface area (Å²) in [6.07, 6.45) is -1.01. The van der Waals surface area contributed by atoms with Crippen molar-refractivity contribution in [3.63, 3.8) is 0 Å². The number of nitriles is 1. The van der Waals surface area contributed by atoms with E-state index in [1.807, 2.05) is 6.07 Å². The van der Waals surface area contributed by atoms with Gasteiger partial charge in [-0.25, -0.2) is 4.79 Å². The monoisotopic (exact) mass is 156 g/mol. The Balaban J connectivity index is 4.07. The number of hydrogen-bond acceptors (Lipinski definition) is 2. The zero-order valence-electron chi connectivity index (χ0n) is 6.96. The van der Waals surface area contributed by atoms with Crippen LogP contribution in [-0.2, 0) is 0 Å². The summed E-state index contributed by atoms with van der Waals surface area (Å²) in [5, 5.41) is 17.0. The molecule has 0 spiro atoms. The summed E-state index contributed by atoms with van der Waals surface area (Å²) >= 11 is 0. The van der Waals surface area contributed by atoms with Crippen molar-refractivity contribution < 1.29 is 9.90 Å². The van der Waals surface area contributed by atoms with E-state index in [-0.39, 0.29) is 6.54 Å². The molecular weight excluding hydrogens is 144 g/mol.